The largest absolute Gasteiger partial charge is 0.348 e. The molecule has 11 heteroatoms. The van der Waals surface area contributed by atoms with E-state index in [1.54, 1.807) is 6.07 Å². The highest BCUT2D eigenvalue weighted by molar-refractivity contribution is 7.93. The lowest BCUT2D eigenvalue weighted by Gasteiger charge is -2.33. The fraction of sp³-hybridized carbons (Fsp3) is 0.462. The van der Waals surface area contributed by atoms with Gasteiger partial charge in [-0.3, -0.25) is 14.4 Å². The summed E-state index contributed by atoms with van der Waals surface area (Å²) in [4.78, 5) is 40.4. The number of aromatic nitrogens is 1. The smallest absolute Gasteiger partial charge is 0.270 e. The Hall–Kier alpha value is -3.52. The quantitative estimate of drug-likeness (QED) is 0.560. The van der Waals surface area contributed by atoms with Crippen molar-refractivity contribution in [3.05, 3.63) is 68.9 Å². The van der Waals surface area contributed by atoms with Gasteiger partial charge in [-0.15, -0.1) is 0 Å². The lowest BCUT2D eigenvalue weighted by molar-refractivity contribution is 0.0695. The summed E-state index contributed by atoms with van der Waals surface area (Å²) in [5.74, 6) is -1.65. The first kappa shape index (κ1) is 25.1. The van der Waals surface area contributed by atoms with E-state index in [4.69, 9.17) is 5.26 Å². The number of halogens is 1. The zero-order valence-electron chi connectivity index (χ0n) is 20.4. The number of nitrogens with one attached hydrogen (secondary N) is 1. The van der Waals surface area contributed by atoms with Crippen LogP contribution in [-0.4, -0.2) is 53.3 Å². The minimum atomic E-state index is -3.36. The SMILES string of the molecule is CC1(CS(=O)(=O)C2(CN3CCn4c(ccc(C(=O)NCc5ccc(C#N)c(F)c5)c4=O)C3=O)CC2)CC1. The second-order valence-electron chi connectivity index (χ2n) is 10.7. The molecular formula is C26H27FN4O5S. The number of amides is 2. The van der Waals surface area contributed by atoms with Crippen LogP contribution >= 0.6 is 0 Å². The normalized spacial score (nSPS) is 19.1. The van der Waals surface area contributed by atoms with Crippen LogP contribution in [0.4, 0.5) is 4.39 Å². The van der Waals surface area contributed by atoms with Gasteiger partial charge in [-0.1, -0.05) is 13.0 Å². The van der Waals surface area contributed by atoms with Crippen molar-refractivity contribution in [3.63, 3.8) is 0 Å². The number of fused-ring (bicyclic) bond motifs is 1. The zero-order valence-corrected chi connectivity index (χ0v) is 21.2. The van der Waals surface area contributed by atoms with E-state index < -0.39 is 37.8 Å². The Morgan fingerprint density at radius 3 is 2.49 bits per heavy atom. The third-order valence-corrected chi connectivity index (χ3v) is 10.6. The van der Waals surface area contributed by atoms with Gasteiger partial charge in [0, 0.05) is 26.2 Å². The summed E-state index contributed by atoms with van der Waals surface area (Å²) in [5.41, 5.74) is -0.491. The Morgan fingerprint density at radius 2 is 1.86 bits per heavy atom. The predicted molar refractivity (Wildman–Crippen MR) is 132 cm³/mol. The zero-order chi connectivity index (χ0) is 26.6. The Morgan fingerprint density at radius 1 is 1.14 bits per heavy atom. The van der Waals surface area contributed by atoms with Crippen LogP contribution in [-0.2, 0) is 22.9 Å². The average Bonchev–Trinajstić information content (AvgIpc) is 3.78. The third-order valence-electron chi connectivity index (χ3n) is 7.71. The van der Waals surface area contributed by atoms with Crippen LogP contribution in [0.5, 0.6) is 0 Å². The van der Waals surface area contributed by atoms with E-state index >= 15 is 0 Å². The summed E-state index contributed by atoms with van der Waals surface area (Å²) >= 11 is 0. The van der Waals surface area contributed by atoms with Gasteiger partial charge in [-0.05, 0) is 60.9 Å². The van der Waals surface area contributed by atoms with Crippen molar-refractivity contribution in [2.45, 2.75) is 50.4 Å². The Kier molecular flexibility index (Phi) is 5.98. The van der Waals surface area contributed by atoms with Crippen molar-refractivity contribution in [1.82, 2.24) is 14.8 Å². The number of nitrogens with zero attached hydrogens (tertiary/aromatic N) is 3. The number of carbonyl (C=O) groups is 2. The summed E-state index contributed by atoms with van der Waals surface area (Å²) < 4.78 is 40.4. The summed E-state index contributed by atoms with van der Waals surface area (Å²) in [6, 6.07) is 8.37. The molecule has 3 aliphatic rings. The fourth-order valence-electron chi connectivity index (χ4n) is 4.86. The number of nitriles is 1. The molecule has 2 aromatic rings. The van der Waals surface area contributed by atoms with Gasteiger partial charge >= 0.3 is 0 Å². The molecule has 2 heterocycles. The molecular weight excluding hydrogens is 499 g/mol. The maximum Gasteiger partial charge on any atom is 0.270 e. The highest BCUT2D eigenvalue weighted by atomic mass is 32.2. The molecule has 0 unspecified atom stereocenters. The van der Waals surface area contributed by atoms with Gasteiger partial charge < -0.3 is 14.8 Å². The minimum absolute atomic E-state index is 0.0506. The fourth-order valence-corrected chi connectivity index (χ4v) is 7.45. The van der Waals surface area contributed by atoms with E-state index in [1.165, 1.54) is 33.7 Å². The maximum absolute atomic E-state index is 13.8. The van der Waals surface area contributed by atoms with E-state index in [0.29, 0.717) is 18.4 Å². The average molecular weight is 527 g/mol. The molecule has 1 aromatic heterocycles. The Labute approximate surface area is 213 Å². The summed E-state index contributed by atoms with van der Waals surface area (Å²) in [6.45, 7) is 2.37. The standard InChI is InChI=1S/C26H27FN4O5S/c1-25(6-7-25)16-37(35,36)26(8-9-26)15-30-10-11-31-21(24(30)34)5-4-19(23(31)33)22(32)29-14-17-2-3-18(13-28)20(27)12-17/h2-5,12H,6-11,14-16H2,1H3,(H,29,32). The van der Waals surface area contributed by atoms with Crippen LogP contribution < -0.4 is 10.9 Å². The van der Waals surface area contributed by atoms with Crippen molar-refractivity contribution in [2.75, 3.05) is 18.8 Å². The lowest BCUT2D eigenvalue weighted by Crippen LogP contribution is -2.50. The van der Waals surface area contributed by atoms with Gasteiger partial charge in [0.2, 0.25) is 0 Å². The minimum Gasteiger partial charge on any atom is -0.348 e. The van der Waals surface area contributed by atoms with Gasteiger partial charge in [0.1, 0.15) is 23.1 Å². The molecule has 0 bridgehead atoms. The second-order valence-corrected chi connectivity index (χ2v) is 13.1. The molecule has 2 amide bonds. The molecule has 1 aliphatic heterocycles. The van der Waals surface area contributed by atoms with Crippen LogP contribution in [0.25, 0.3) is 0 Å². The maximum atomic E-state index is 13.8. The summed E-state index contributed by atoms with van der Waals surface area (Å²) in [7, 11) is -3.36. The highest BCUT2D eigenvalue weighted by Crippen LogP contribution is 2.52. The second kappa shape index (κ2) is 8.80. The first-order valence-corrected chi connectivity index (χ1v) is 13.9. The number of rotatable bonds is 8. The molecule has 1 N–H and O–H groups in total. The first-order valence-electron chi connectivity index (χ1n) is 12.2. The van der Waals surface area contributed by atoms with Crippen molar-refractivity contribution < 1.29 is 22.4 Å². The molecule has 2 fully saturated rings. The van der Waals surface area contributed by atoms with Gasteiger partial charge in [0.25, 0.3) is 17.4 Å². The monoisotopic (exact) mass is 526 g/mol. The van der Waals surface area contributed by atoms with E-state index in [0.717, 1.165) is 18.9 Å². The van der Waals surface area contributed by atoms with Crippen molar-refractivity contribution in [2.24, 2.45) is 5.41 Å². The van der Waals surface area contributed by atoms with E-state index in [-0.39, 0.29) is 54.2 Å². The van der Waals surface area contributed by atoms with Gasteiger partial charge in [0.05, 0.1) is 16.1 Å². The number of pyridine rings is 1. The van der Waals surface area contributed by atoms with Gasteiger partial charge in [-0.25, -0.2) is 12.8 Å². The number of benzene rings is 1. The first-order chi connectivity index (χ1) is 17.5. The molecule has 1 aromatic carbocycles. The Bertz CT molecular complexity index is 1520. The van der Waals surface area contributed by atoms with Crippen LogP contribution in [0.2, 0.25) is 0 Å². The van der Waals surface area contributed by atoms with Crippen molar-refractivity contribution >= 4 is 21.7 Å². The molecule has 9 nitrogen and oxygen atoms in total. The third kappa shape index (κ3) is 4.66. The van der Waals surface area contributed by atoms with Crippen LogP contribution in [0.15, 0.2) is 35.1 Å². The van der Waals surface area contributed by atoms with Crippen LogP contribution in [0.3, 0.4) is 0 Å². The summed E-state index contributed by atoms with van der Waals surface area (Å²) in [6.07, 6.45) is 2.87. The Balaban J connectivity index is 1.28. The van der Waals surface area contributed by atoms with Crippen LogP contribution in [0, 0.1) is 22.6 Å². The van der Waals surface area contributed by atoms with E-state index in [2.05, 4.69) is 5.32 Å². The summed E-state index contributed by atoms with van der Waals surface area (Å²) in [5, 5.41) is 11.4. The van der Waals surface area contributed by atoms with Gasteiger partial charge in [-0.2, -0.15) is 5.26 Å². The molecule has 194 valence electrons. The van der Waals surface area contributed by atoms with E-state index in [9.17, 15) is 27.2 Å². The molecule has 0 spiro atoms. The molecule has 2 aliphatic carbocycles. The molecule has 37 heavy (non-hydrogen) atoms. The number of hydrogen-bond donors (Lipinski definition) is 1. The van der Waals surface area contributed by atoms with Crippen LogP contribution in [0.1, 0.15) is 64.6 Å². The molecule has 0 saturated heterocycles. The number of sulfone groups is 1. The molecule has 0 radical (unpaired) electrons. The molecule has 2 saturated carbocycles. The topological polar surface area (TPSA) is 129 Å². The predicted octanol–water partition coefficient (Wildman–Crippen LogP) is 1.99. The lowest BCUT2D eigenvalue weighted by atomic mass is 10.1. The number of carbonyl (C=O) groups excluding carboxylic acids is 2. The number of hydrogen-bond acceptors (Lipinski definition) is 6. The van der Waals surface area contributed by atoms with Crippen molar-refractivity contribution in [3.8, 4) is 6.07 Å². The van der Waals surface area contributed by atoms with Gasteiger partial charge in [0.15, 0.2) is 9.84 Å². The molecule has 5 rings (SSSR count). The highest BCUT2D eigenvalue weighted by Gasteiger charge is 2.58. The molecule has 0 atom stereocenters. The van der Waals surface area contributed by atoms with E-state index in [1.807, 2.05) is 6.92 Å². The van der Waals surface area contributed by atoms with Crippen molar-refractivity contribution in [1.29, 1.82) is 5.26 Å².